The zero-order valence-corrected chi connectivity index (χ0v) is 16.4. The third-order valence-electron chi connectivity index (χ3n) is 5.01. The molecule has 4 rings (SSSR count). The monoisotopic (exact) mass is 403 g/mol. The highest BCUT2D eigenvalue weighted by molar-refractivity contribution is 6.21. The Morgan fingerprint density at radius 3 is 2.23 bits per heavy atom. The number of imide groups is 1. The zero-order chi connectivity index (χ0) is 20.9. The van der Waals surface area contributed by atoms with Crippen LogP contribution in [0.1, 0.15) is 33.6 Å². The van der Waals surface area contributed by atoms with Crippen LogP contribution in [-0.4, -0.2) is 42.4 Å². The van der Waals surface area contributed by atoms with Gasteiger partial charge < -0.3 is 9.47 Å². The number of hydrogen-bond acceptors (Lipinski definition) is 5. The summed E-state index contributed by atoms with van der Waals surface area (Å²) in [6.07, 6.45) is 1.11. The molecule has 0 N–H and O–H groups in total. The van der Waals surface area contributed by atoms with Gasteiger partial charge >= 0.3 is 5.97 Å². The van der Waals surface area contributed by atoms with Gasteiger partial charge in [0.1, 0.15) is 5.75 Å². The predicted octanol–water partition coefficient (Wildman–Crippen LogP) is 3.84. The second kappa shape index (κ2) is 8.78. The minimum atomic E-state index is -0.455. The number of carbonyl (C=O) groups excluding carboxylic acids is 3. The molecule has 152 valence electrons. The highest BCUT2D eigenvalue weighted by Crippen LogP contribution is 2.25. The van der Waals surface area contributed by atoms with Crippen molar-refractivity contribution in [2.24, 2.45) is 0 Å². The maximum atomic E-state index is 12.3. The molecule has 6 nitrogen and oxygen atoms in total. The van der Waals surface area contributed by atoms with E-state index in [9.17, 15) is 14.4 Å². The number of carbonyl (C=O) groups is 3. The molecular weight excluding hydrogens is 382 g/mol. The molecule has 0 atom stereocenters. The summed E-state index contributed by atoms with van der Waals surface area (Å²) in [4.78, 5) is 37.8. The minimum Gasteiger partial charge on any atom is -0.481 e. The number of nitrogens with zero attached hydrogens (tertiary/aromatic N) is 1. The first kappa shape index (κ1) is 19.6. The van der Waals surface area contributed by atoms with E-state index in [1.807, 2.05) is 42.5 Å². The maximum absolute atomic E-state index is 12.3. The summed E-state index contributed by atoms with van der Waals surface area (Å²) >= 11 is 0. The van der Waals surface area contributed by atoms with Crippen LogP contribution in [0.5, 0.6) is 5.75 Å². The van der Waals surface area contributed by atoms with E-state index < -0.39 is 5.97 Å². The van der Waals surface area contributed by atoms with Crippen molar-refractivity contribution in [3.05, 3.63) is 77.9 Å². The summed E-state index contributed by atoms with van der Waals surface area (Å²) in [6.45, 7) is 0.337. The Hall–Kier alpha value is -3.67. The second-order valence-corrected chi connectivity index (χ2v) is 7.00. The van der Waals surface area contributed by atoms with Crippen molar-refractivity contribution in [1.82, 2.24) is 4.90 Å². The first-order valence-electron chi connectivity index (χ1n) is 9.86. The van der Waals surface area contributed by atoms with Gasteiger partial charge in [-0.15, -0.1) is 0 Å². The first-order valence-corrected chi connectivity index (χ1v) is 9.86. The summed E-state index contributed by atoms with van der Waals surface area (Å²) in [5, 5.41) is 1.98. The number of hydrogen-bond donors (Lipinski definition) is 0. The van der Waals surface area contributed by atoms with Crippen LogP contribution in [0.4, 0.5) is 0 Å². The van der Waals surface area contributed by atoms with Crippen LogP contribution in [0.3, 0.4) is 0 Å². The van der Waals surface area contributed by atoms with Crippen molar-refractivity contribution in [3.63, 3.8) is 0 Å². The Morgan fingerprint density at radius 2 is 1.47 bits per heavy atom. The Balaban J connectivity index is 1.19. The van der Waals surface area contributed by atoms with E-state index in [1.54, 1.807) is 24.3 Å². The second-order valence-electron chi connectivity index (χ2n) is 7.00. The average Bonchev–Trinajstić information content (AvgIpc) is 3.02. The quantitative estimate of drug-likeness (QED) is 0.325. The summed E-state index contributed by atoms with van der Waals surface area (Å²) in [5.74, 6) is -0.355. The molecule has 3 aromatic rings. The fourth-order valence-electron chi connectivity index (χ4n) is 3.50. The highest BCUT2D eigenvalue weighted by Gasteiger charge is 2.34. The van der Waals surface area contributed by atoms with Crippen LogP contribution < -0.4 is 4.74 Å². The van der Waals surface area contributed by atoms with E-state index >= 15 is 0 Å². The average molecular weight is 403 g/mol. The lowest BCUT2D eigenvalue weighted by molar-refractivity contribution is -0.146. The van der Waals surface area contributed by atoms with E-state index in [4.69, 9.17) is 9.47 Å². The minimum absolute atomic E-state index is 0.174. The Morgan fingerprint density at radius 1 is 0.800 bits per heavy atom. The summed E-state index contributed by atoms with van der Waals surface area (Å²) < 4.78 is 10.8. The molecule has 1 aliphatic rings. The number of ether oxygens (including phenoxy) is 2. The molecule has 3 aromatic carbocycles. The number of esters is 1. The summed E-state index contributed by atoms with van der Waals surface area (Å²) in [5.41, 5.74) is 0.888. The highest BCUT2D eigenvalue weighted by atomic mass is 16.6. The molecule has 0 radical (unpaired) electrons. The van der Waals surface area contributed by atoms with Crippen molar-refractivity contribution in [3.8, 4) is 5.75 Å². The van der Waals surface area contributed by atoms with Gasteiger partial charge in [-0.2, -0.15) is 0 Å². The lowest BCUT2D eigenvalue weighted by Gasteiger charge is -2.13. The van der Waals surface area contributed by atoms with E-state index in [2.05, 4.69) is 0 Å². The standard InChI is InChI=1S/C24H21NO5/c26-22(16-30-21-13-7-9-17-8-1-2-10-18(17)21)29-15-6-5-14-25-23(27)19-11-3-4-12-20(19)24(25)28/h1-4,7-13H,5-6,14-16H2. The van der Waals surface area contributed by atoms with Crippen molar-refractivity contribution in [2.75, 3.05) is 19.8 Å². The molecule has 30 heavy (non-hydrogen) atoms. The normalized spacial score (nSPS) is 12.9. The fourth-order valence-corrected chi connectivity index (χ4v) is 3.50. The molecule has 0 aromatic heterocycles. The van der Waals surface area contributed by atoms with Gasteiger partial charge in [0.15, 0.2) is 6.61 Å². The molecule has 0 saturated carbocycles. The van der Waals surface area contributed by atoms with Gasteiger partial charge in [-0.3, -0.25) is 14.5 Å². The smallest absolute Gasteiger partial charge is 0.344 e. The number of benzene rings is 3. The van der Waals surface area contributed by atoms with E-state index in [0.717, 1.165) is 10.8 Å². The van der Waals surface area contributed by atoms with Crippen LogP contribution in [0.25, 0.3) is 10.8 Å². The van der Waals surface area contributed by atoms with E-state index in [1.165, 1.54) is 4.90 Å². The van der Waals surface area contributed by atoms with Gasteiger partial charge in [-0.25, -0.2) is 4.79 Å². The van der Waals surface area contributed by atoms with Crippen LogP contribution in [0.2, 0.25) is 0 Å². The number of fused-ring (bicyclic) bond motifs is 2. The zero-order valence-electron chi connectivity index (χ0n) is 16.4. The summed E-state index contributed by atoms with van der Waals surface area (Å²) in [6, 6.07) is 20.3. The third kappa shape index (κ3) is 4.03. The first-order chi connectivity index (χ1) is 14.6. The molecule has 1 aliphatic heterocycles. The molecule has 1 heterocycles. The van der Waals surface area contributed by atoms with Crippen LogP contribution in [-0.2, 0) is 9.53 Å². The molecule has 0 unspecified atom stereocenters. The van der Waals surface area contributed by atoms with E-state index in [0.29, 0.717) is 36.3 Å². The molecule has 0 bridgehead atoms. The molecule has 0 fully saturated rings. The lowest BCUT2D eigenvalue weighted by Crippen LogP contribution is -2.30. The lowest BCUT2D eigenvalue weighted by atomic mass is 10.1. The third-order valence-corrected chi connectivity index (χ3v) is 5.01. The number of amides is 2. The summed E-state index contributed by atoms with van der Waals surface area (Å²) in [7, 11) is 0. The SMILES string of the molecule is O=C(COc1cccc2ccccc12)OCCCCN1C(=O)c2ccccc2C1=O. The Bertz CT molecular complexity index is 1070. The van der Waals surface area contributed by atoms with Crippen molar-refractivity contribution in [1.29, 1.82) is 0 Å². The van der Waals surface area contributed by atoms with Gasteiger partial charge in [0.2, 0.25) is 0 Å². The van der Waals surface area contributed by atoms with E-state index in [-0.39, 0.29) is 25.0 Å². The van der Waals surface area contributed by atoms with Crippen molar-refractivity contribution < 1.29 is 23.9 Å². The Kier molecular flexibility index (Phi) is 5.75. The molecule has 0 spiro atoms. The molecule has 0 aliphatic carbocycles. The predicted molar refractivity (Wildman–Crippen MR) is 111 cm³/mol. The van der Waals surface area contributed by atoms with Crippen LogP contribution in [0, 0.1) is 0 Å². The van der Waals surface area contributed by atoms with Gasteiger partial charge in [-0.1, -0.05) is 48.5 Å². The molecule has 6 heteroatoms. The van der Waals surface area contributed by atoms with Crippen LogP contribution in [0.15, 0.2) is 66.7 Å². The van der Waals surface area contributed by atoms with Gasteiger partial charge in [0, 0.05) is 11.9 Å². The van der Waals surface area contributed by atoms with Crippen molar-refractivity contribution >= 4 is 28.6 Å². The van der Waals surface area contributed by atoms with Gasteiger partial charge in [-0.05, 0) is 36.4 Å². The number of unbranched alkanes of at least 4 members (excludes halogenated alkanes) is 1. The van der Waals surface area contributed by atoms with Crippen molar-refractivity contribution in [2.45, 2.75) is 12.8 Å². The fraction of sp³-hybridized carbons (Fsp3) is 0.208. The topological polar surface area (TPSA) is 72.9 Å². The number of rotatable bonds is 8. The maximum Gasteiger partial charge on any atom is 0.344 e. The molecule has 0 saturated heterocycles. The van der Waals surface area contributed by atoms with Gasteiger partial charge in [0.05, 0.1) is 17.7 Å². The van der Waals surface area contributed by atoms with Crippen LogP contribution >= 0.6 is 0 Å². The van der Waals surface area contributed by atoms with Gasteiger partial charge in [0.25, 0.3) is 11.8 Å². The molecule has 2 amide bonds. The Labute approximate surface area is 174 Å². The largest absolute Gasteiger partial charge is 0.481 e. The molecular formula is C24H21NO5.